The van der Waals surface area contributed by atoms with E-state index in [-0.39, 0.29) is 0 Å². The summed E-state index contributed by atoms with van der Waals surface area (Å²) in [5.41, 5.74) is 5.95. The van der Waals surface area contributed by atoms with E-state index in [1.807, 2.05) is 67.4 Å². The summed E-state index contributed by atoms with van der Waals surface area (Å²) in [7, 11) is 1.95. The van der Waals surface area contributed by atoms with E-state index in [4.69, 9.17) is 4.98 Å². The molecule has 0 saturated heterocycles. The smallest absolute Gasteiger partial charge is 0.227 e. The Morgan fingerprint density at radius 2 is 1.76 bits per heavy atom. The largest absolute Gasteiger partial charge is 0.324 e. The summed E-state index contributed by atoms with van der Waals surface area (Å²) in [4.78, 5) is 13.5. The summed E-state index contributed by atoms with van der Waals surface area (Å²) in [5.74, 6) is 1.28. The van der Waals surface area contributed by atoms with Crippen LogP contribution >= 0.6 is 0 Å². The van der Waals surface area contributed by atoms with E-state index < -0.39 is 0 Å². The number of aromatic nitrogens is 7. The van der Waals surface area contributed by atoms with Crippen molar-refractivity contribution in [2.75, 3.05) is 5.32 Å². The topological polar surface area (TPSA) is 86.3 Å². The first kappa shape index (κ1) is 19.1. The minimum atomic E-state index is 0.543. The van der Waals surface area contributed by atoms with Gasteiger partial charge in [-0.3, -0.25) is 4.68 Å². The van der Waals surface area contributed by atoms with Gasteiger partial charge in [0.25, 0.3) is 0 Å². The molecule has 6 rings (SSSR count). The van der Waals surface area contributed by atoms with E-state index in [0.717, 1.165) is 50.1 Å². The molecule has 0 fully saturated rings. The van der Waals surface area contributed by atoms with Crippen LogP contribution in [0.3, 0.4) is 0 Å². The van der Waals surface area contributed by atoms with Crippen molar-refractivity contribution in [1.82, 2.24) is 34.5 Å². The van der Waals surface area contributed by atoms with Gasteiger partial charge in [-0.2, -0.15) is 10.2 Å². The quantitative estimate of drug-likeness (QED) is 0.430. The predicted molar refractivity (Wildman–Crippen MR) is 129 cm³/mol. The van der Waals surface area contributed by atoms with Gasteiger partial charge >= 0.3 is 0 Å². The maximum absolute atomic E-state index is 4.85. The van der Waals surface area contributed by atoms with E-state index in [1.54, 1.807) is 11.0 Å². The predicted octanol–water partition coefficient (Wildman–Crippen LogP) is 4.82. The van der Waals surface area contributed by atoms with Gasteiger partial charge in [0.15, 0.2) is 0 Å². The van der Waals surface area contributed by atoms with Gasteiger partial charge in [0.1, 0.15) is 12.2 Å². The SMILES string of the molecule is Cc1ncn(-c2ccc(Nc3ncc4cccc(-c5ccc6cnn(C)c6c5)c4n3)cc2)n1. The molecule has 0 amide bonds. The van der Waals surface area contributed by atoms with Gasteiger partial charge in [-0.15, -0.1) is 0 Å². The lowest BCUT2D eigenvalue weighted by Gasteiger charge is -2.10. The van der Waals surface area contributed by atoms with Crippen LogP contribution in [0.15, 0.2) is 79.4 Å². The van der Waals surface area contributed by atoms with Crippen molar-refractivity contribution in [3.8, 4) is 16.8 Å². The van der Waals surface area contributed by atoms with Crippen molar-refractivity contribution in [1.29, 1.82) is 0 Å². The van der Waals surface area contributed by atoms with Crippen LogP contribution in [0, 0.1) is 6.92 Å². The van der Waals surface area contributed by atoms with E-state index in [9.17, 15) is 0 Å². The molecule has 8 heteroatoms. The Bertz CT molecular complexity index is 1610. The number of fused-ring (bicyclic) bond motifs is 2. The highest BCUT2D eigenvalue weighted by atomic mass is 15.3. The highest BCUT2D eigenvalue weighted by Crippen LogP contribution is 2.30. The van der Waals surface area contributed by atoms with Crippen LogP contribution in [0.2, 0.25) is 0 Å². The molecule has 8 nitrogen and oxygen atoms in total. The molecule has 1 N–H and O–H groups in total. The molecule has 0 aliphatic carbocycles. The molecular formula is C25H20N8. The van der Waals surface area contributed by atoms with Crippen molar-refractivity contribution >= 4 is 33.4 Å². The van der Waals surface area contributed by atoms with Crippen molar-refractivity contribution in [2.45, 2.75) is 6.92 Å². The third kappa shape index (κ3) is 3.47. The second-order valence-corrected chi connectivity index (χ2v) is 7.89. The van der Waals surface area contributed by atoms with E-state index in [0.29, 0.717) is 5.95 Å². The first-order valence-electron chi connectivity index (χ1n) is 10.6. The normalized spacial score (nSPS) is 11.3. The van der Waals surface area contributed by atoms with Gasteiger partial charge in [-0.05, 0) is 42.8 Å². The van der Waals surface area contributed by atoms with Crippen molar-refractivity contribution < 1.29 is 0 Å². The summed E-state index contributed by atoms with van der Waals surface area (Å²) < 4.78 is 3.63. The molecule has 3 aromatic heterocycles. The summed E-state index contributed by atoms with van der Waals surface area (Å²) in [6.45, 7) is 1.87. The molecule has 33 heavy (non-hydrogen) atoms. The first-order valence-corrected chi connectivity index (χ1v) is 10.6. The first-order chi connectivity index (χ1) is 16.1. The fourth-order valence-corrected chi connectivity index (χ4v) is 3.96. The minimum Gasteiger partial charge on any atom is -0.324 e. The van der Waals surface area contributed by atoms with Gasteiger partial charge in [0.2, 0.25) is 5.95 Å². The molecule has 3 heterocycles. The third-order valence-electron chi connectivity index (χ3n) is 5.67. The molecule has 0 unspecified atom stereocenters. The number of anilines is 2. The van der Waals surface area contributed by atoms with Crippen LogP contribution in [-0.2, 0) is 7.05 Å². The van der Waals surface area contributed by atoms with Crippen LogP contribution < -0.4 is 5.32 Å². The van der Waals surface area contributed by atoms with E-state index >= 15 is 0 Å². The zero-order valence-electron chi connectivity index (χ0n) is 18.1. The number of para-hydroxylation sites is 1. The maximum Gasteiger partial charge on any atom is 0.227 e. The molecule has 0 atom stereocenters. The standard InChI is InChI=1S/C25H20N8/c1-16-27-15-33(31-16)21-10-8-20(9-11-21)29-25-26-13-19-4-3-5-22(24(19)30-25)17-6-7-18-14-28-32(2)23(18)12-17/h3-15H,1-2H3,(H,26,29,30). The Morgan fingerprint density at radius 1 is 0.879 bits per heavy atom. The Kier molecular flexibility index (Phi) is 4.36. The fraction of sp³-hybridized carbons (Fsp3) is 0.0800. The van der Waals surface area contributed by atoms with Gasteiger partial charge in [-0.25, -0.2) is 19.6 Å². The Labute approximate surface area is 189 Å². The molecule has 0 aliphatic rings. The summed E-state index contributed by atoms with van der Waals surface area (Å²) in [6, 6.07) is 20.4. The molecule has 3 aromatic carbocycles. The number of hydrogen-bond donors (Lipinski definition) is 1. The van der Waals surface area contributed by atoms with Crippen molar-refractivity contribution in [3.05, 3.63) is 85.2 Å². The van der Waals surface area contributed by atoms with Gasteiger partial charge < -0.3 is 5.32 Å². The molecule has 160 valence electrons. The highest BCUT2D eigenvalue weighted by molar-refractivity contribution is 5.96. The van der Waals surface area contributed by atoms with Gasteiger partial charge in [0.05, 0.1) is 22.9 Å². The lowest BCUT2D eigenvalue weighted by atomic mass is 10.0. The van der Waals surface area contributed by atoms with E-state index in [2.05, 4.69) is 49.7 Å². The summed E-state index contributed by atoms with van der Waals surface area (Å²) >= 11 is 0. The highest BCUT2D eigenvalue weighted by Gasteiger charge is 2.10. The molecule has 0 aliphatic heterocycles. The van der Waals surface area contributed by atoms with Crippen LogP contribution in [0.5, 0.6) is 0 Å². The minimum absolute atomic E-state index is 0.543. The van der Waals surface area contributed by atoms with Crippen molar-refractivity contribution in [3.63, 3.8) is 0 Å². The maximum atomic E-state index is 4.85. The molecule has 0 radical (unpaired) electrons. The fourth-order valence-electron chi connectivity index (χ4n) is 3.96. The lowest BCUT2D eigenvalue weighted by Crippen LogP contribution is -1.99. The number of rotatable bonds is 4. The Hall–Kier alpha value is -4.59. The number of benzene rings is 3. The van der Waals surface area contributed by atoms with E-state index in [1.165, 1.54) is 0 Å². The number of aryl methyl sites for hydroxylation is 2. The zero-order chi connectivity index (χ0) is 22.4. The summed E-state index contributed by atoms with van der Waals surface area (Å²) in [5, 5.41) is 14.1. The molecule has 0 saturated carbocycles. The van der Waals surface area contributed by atoms with Crippen LogP contribution in [0.25, 0.3) is 38.6 Å². The van der Waals surface area contributed by atoms with Crippen LogP contribution in [-0.4, -0.2) is 34.5 Å². The average Bonchev–Trinajstić information content (AvgIpc) is 3.44. The number of nitrogens with zero attached hydrogens (tertiary/aromatic N) is 7. The zero-order valence-corrected chi connectivity index (χ0v) is 18.1. The second kappa shape index (κ2) is 7.52. The summed E-state index contributed by atoms with van der Waals surface area (Å²) in [6.07, 6.45) is 5.43. The molecule has 6 aromatic rings. The van der Waals surface area contributed by atoms with Gasteiger partial charge in [0, 0.05) is 35.3 Å². The van der Waals surface area contributed by atoms with Crippen LogP contribution in [0.1, 0.15) is 5.82 Å². The number of nitrogens with one attached hydrogen (secondary N) is 1. The van der Waals surface area contributed by atoms with Crippen LogP contribution in [0.4, 0.5) is 11.6 Å². The average molecular weight is 432 g/mol. The molecular weight excluding hydrogens is 412 g/mol. The van der Waals surface area contributed by atoms with Gasteiger partial charge in [-0.1, -0.05) is 30.3 Å². The second-order valence-electron chi connectivity index (χ2n) is 7.89. The lowest BCUT2D eigenvalue weighted by molar-refractivity contribution is 0.797. The monoisotopic (exact) mass is 432 g/mol. The number of hydrogen-bond acceptors (Lipinski definition) is 6. The Balaban J connectivity index is 1.35. The molecule has 0 spiro atoms. The Morgan fingerprint density at radius 3 is 2.58 bits per heavy atom. The third-order valence-corrected chi connectivity index (χ3v) is 5.67. The van der Waals surface area contributed by atoms with Crippen molar-refractivity contribution in [2.24, 2.45) is 7.05 Å². The molecule has 0 bridgehead atoms.